The zero-order valence-electron chi connectivity index (χ0n) is 14.0. The molecule has 1 N–H and O–H groups in total. The van der Waals surface area contributed by atoms with Gasteiger partial charge in [-0.3, -0.25) is 10.2 Å². The minimum Gasteiger partial charge on any atom is -0.454 e. The van der Waals surface area contributed by atoms with Crippen LogP contribution in [0.1, 0.15) is 11.3 Å². The van der Waals surface area contributed by atoms with Gasteiger partial charge in [0, 0.05) is 38.8 Å². The maximum atomic E-state index is 12.2. The summed E-state index contributed by atoms with van der Waals surface area (Å²) in [4.78, 5) is 16.4. The van der Waals surface area contributed by atoms with Crippen LogP contribution in [-0.4, -0.2) is 54.0 Å². The Hall–Kier alpha value is -2.74. The Balaban J connectivity index is 1.28. The summed E-state index contributed by atoms with van der Waals surface area (Å²) in [5.41, 5.74) is 1.92. The van der Waals surface area contributed by atoms with Crippen molar-refractivity contribution < 1.29 is 18.8 Å². The minimum atomic E-state index is -0.154. The van der Waals surface area contributed by atoms with E-state index >= 15 is 0 Å². The van der Waals surface area contributed by atoms with E-state index in [1.54, 1.807) is 11.0 Å². The molecule has 132 valence electrons. The summed E-state index contributed by atoms with van der Waals surface area (Å²) in [6.07, 6.45) is 0. The van der Waals surface area contributed by atoms with Crippen molar-refractivity contribution in [1.82, 2.24) is 15.0 Å². The molecule has 0 spiro atoms. The van der Waals surface area contributed by atoms with Crippen LogP contribution in [0.5, 0.6) is 11.5 Å². The number of nitrogens with zero attached hydrogens (tertiary/aromatic N) is 3. The summed E-state index contributed by atoms with van der Waals surface area (Å²) in [7, 11) is 0. The molecule has 0 saturated carbocycles. The predicted octanol–water partition coefficient (Wildman–Crippen LogP) is 2.06. The van der Waals surface area contributed by atoms with Crippen molar-refractivity contribution in [2.75, 3.05) is 38.3 Å². The number of hydrogen-bond acceptors (Lipinski definition) is 6. The van der Waals surface area contributed by atoms with Crippen LogP contribution in [0.4, 0.5) is 10.7 Å². The third-order valence-corrected chi connectivity index (χ3v) is 4.36. The molecule has 4 rings (SSSR count). The Kier molecular flexibility index (Phi) is 4.19. The second-order valence-electron chi connectivity index (χ2n) is 6.21. The highest BCUT2D eigenvalue weighted by atomic mass is 16.7. The number of aryl methyl sites for hydroxylation is 1. The largest absolute Gasteiger partial charge is 0.454 e. The number of piperazine rings is 1. The SMILES string of the molecule is Cc1cc(NC(=O)N2CCN(Cc3ccc4c(c3)OCO4)CC2)on1. The number of amides is 2. The lowest BCUT2D eigenvalue weighted by Crippen LogP contribution is -2.49. The number of ether oxygens (including phenoxy) is 2. The van der Waals surface area contributed by atoms with Gasteiger partial charge in [0.2, 0.25) is 12.7 Å². The fourth-order valence-electron chi connectivity index (χ4n) is 3.01. The van der Waals surface area contributed by atoms with Gasteiger partial charge in [-0.15, -0.1) is 0 Å². The number of aromatic nitrogens is 1. The van der Waals surface area contributed by atoms with Crippen LogP contribution in [0, 0.1) is 6.92 Å². The molecule has 2 aliphatic rings. The molecule has 25 heavy (non-hydrogen) atoms. The van der Waals surface area contributed by atoms with Crippen molar-refractivity contribution in [3.8, 4) is 11.5 Å². The molecule has 0 atom stereocenters. The first kappa shape index (κ1) is 15.8. The van der Waals surface area contributed by atoms with Crippen LogP contribution in [0.25, 0.3) is 0 Å². The van der Waals surface area contributed by atoms with Crippen LogP contribution >= 0.6 is 0 Å². The van der Waals surface area contributed by atoms with E-state index < -0.39 is 0 Å². The first-order valence-electron chi connectivity index (χ1n) is 8.27. The predicted molar refractivity (Wildman–Crippen MR) is 89.7 cm³/mol. The second-order valence-corrected chi connectivity index (χ2v) is 6.21. The summed E-state index contributed by atoms with van der Waals surface area (Å²) in [5.74, 6) is 1.98. The van der Waals surface area contributed by atoms with Gasteiger partial charge in [0.1, 0.15) is 0 Å². The average molecular weight is 344 g/mol. The highest BCUT2D eigenvalue weighted by molar-refractivity contribution is 5.87. The first-order valence-corrected chi connectivity index (χ1v) is 8.27. The van der Waals surface area contributed by atoms with Crippen LogP contribution in [0.15, 0.2) is 28.8 Å². The van der Waals surface area contributed by atoms with Gasteiger partial charge >= 0.3 is 6.03 Å². The van der Waals surface area contributed by atoms with Gasteiger partial charge in [0.15, 0.2) is 11.5 Å². The van der Waals surface area contributed by atoms with Crippen molar-refractivity contribution in [1.29, 1.82) is 0 Å². The van der Waals surface area contributed by atoms with Crippen molar-refractivity contribution in [2.24, 2.45) is 0 Å². The number of rotatable bonds is 3. The summed E-state index contributed by atoms with van der Waals surface area (Å²) < 4.78 is 15.8. The van der Waals surface area contributed by atoms with Crippen LogP contribution < -0.4 is 14.8 Å². The number of fused-ring (bicyclic) bond motifs is 1. The van der Waals surface area contributed by atoms with Crippen molar-refractivity contribution >= 4 is 11.9 Å². The molecule has 1 fully saturated rings. The van der Waals surface area contributed by atoms with Crippen molar-refractivity contribution in [3.05, 3.63) is 35.5 Å². The number of carbonyl (C=O) groups excluding carboxylic acids is 1. The summed E-state index contributed by atoms with van der Waals surface area (Å²) in [6, 6.07) is 7.57. The highest BCUT2D eigenvalue weighted by Crippen LogP contribution is 2.32. The number of urea groups is 1. The smallest absolute Gasteiger partial charge is 0.324 e. The third kappa shape index (κ3) is 3.53. The molecule has 0 unspecified atom stereocenters. The average Bonchev–Trinajstić information content (AvgIpc) is 3.24. The minimum absolute atomic E-state index is 0.154. The third-order valence-electron chi connectivity index (χ3n) is 4.36. The topological polar surface area (TPSA) is 80.1 Å². The van der Waals surface area contributed by atoms with Crippen molar-refractivity contribution in [3.63, 3.8) is 0 Å². The molecule has 2 amide bonds. The summed E-state index contributed by atoms with van der Waals surface area (Å²) in [5, 5.41) is 6.50. The summed E-state index contributed by atoms with van der Waals surface area (Å²) in [6.45, 7) is 5.90. The fraction of sp³-hybridized carbons (Fsp3) is 0.412. The molecule has 3 heterocycles. The normalized spacial score (nSPS) is 16.9. The Morgan fingerprint density at radius 2 is 1.96 bits per heavy atom. The molecule has 8 heteroatoms. The Bertz CT molecular complexity index is 768. The maximum absolute atomic E-state index is 12.2. The van der Waals surface area contributed by atoms with Gasteiger partial charge < -0.3 is 18.9 Å². The lowest BCUT2D eigenvalue weighted by atomic mass is 10.1. The molecular weight excluding hydrogens is 324 g/mol. The number of nitrogens with one attached hydrogen (secondary N) is 1. The zero-order valence-corrected chi connectivity index (χ0v) is 14.0. The Morgan fingerprint density at radius 1 is 1.16 bits per heavy atom. The van der Waals surface area contributed by atoms with E-state index in [2.05, 4.69) is 21.4 Å². The molecule has 1 saturated heterocycles. The molecule has 1 aromatic carbocycles. The number of hydrogen-bond donors (Lipinski definition) is 1. The molecular formula is C17H20N4O4. The van der Waals surface area contributed by atoms with Crippen LogP contribution in [0.3, 0.4) is 0 Å². The van der Waals surface area contributed by atoms with Crippen LogP contribution in [-0.2, 0) is 6.54 Å². The van der Waals surface area contributed by atoms with Gasteiger partial charge in [-0.05, 0) is 24.6 Å². The first-order chi connectivity index (χ1) is 12.2. The Morgan fingerprint density at radius 3 is 2.72 bits per heavy atom. The number of anilines is 1. The Labute approximate surface area is 145 Å². The van der Waals surface area contributed by atoms with E-state index in [4.69, 9.17) is 14.0 Å². The lowest BCUT2D eigenvalue weighted by molar-refractivity contribution is 0.142. The molecule has 1 aromatic heterocycles. The maximum Gasteiger partial charge on any atom is 0.324 e. The molecule has 2 aromatic rings. The van der Waals surface area contributed by atoms with E-state index in [0.29, 0.717) is 19.0 Å². The molecule has 0 bridgehead atoms. The quantitative estimate of drug-likeness (QED) is 0.918. The van der Waals surface area contributed by atoms with E-state index in [0.717, 1.165) is 36.8 Å². The van der Waals surface area contributed by atoms with Crippen molar-refractivity contribution in [2.45, 2.75) is 13.5 Å². The van der Waals surface area contributed by atoms with E-state index in [9.17, 15) is 4.79 Å². The van der Waals surface area contributed by atoms with Crippen LogP contribution in [0.2, 0.25) is 0 Å². The number of benzene rings is 1. The van der Waals surface area contributed by atoms with Gasteiger partial charge in [-0.2, -0.15) is 0 Å². The number of carbonyl (C=O) groups is 1. The van der Waals surface area contributed by atoms with Gasteiger partial charge in [-0.25, -0.2) is 4.79 Å². The standard InChI is InChI=1S/C17H20N4O4/c1-12-8-16(25-19-12)18-17(22)21-6-4-20(5-7-21)10-13-2-3-14-15(9-13)24-11-23-14/h2-3,8-9H,4-7,10-11H2,1H3,(H,18,22). The molecule has 8 nitrogen and oxygen atoms in total. The second kappa shape index (κ2) is 6.64. The monoisotopic (exact) mass is 344 g/mol. The molecule has 0 radical (unpaired) electrons. The van der Waals surface area contributed by atoms with Gasteiger partial charge in [0.05, 0.1) is 5.69 Å². The van der Waals surface area contributed by atoms with E-state index in [1.807, 2.05) is 19.1 Å². The van der Waals surface area contributed by atoms with Gasteiger partial charge in [0.25, 0.3) is 0 Å². The lowest BCUT2D eigenvalue weighted by Gasteiger charge is -2.34. The molecule has 2 aliphatic heterocycles. The molecule has 0 aliphatic carbocycles. The highest BCUT2D eigenvalue weighted by Gasteiger charge is 2.22. The van der Waals surface area contributed by atoms with Gasteiger partial charge in [-0.1, -0.05) is 11.2 Å². The fourth-order valence-corrected chi connectivity index (χ4v) is 3.01. The zero-order chi connectivity index (χ0) is 17.2. The summed E-state index contributed by atoms with van der Waals surface area (Å²) >= 11 is 0. The van der Waals surface area contributed by atoms with E-state index in [1.165, 1.54) is 5.56 Å². The van der Waals surface area contributed by atoms with E-state index in [-0.39, 0.29) is 12.8 Å².